The van der Waals surface area contributed by atoms with Gasteiger partial charge in [-0.1, -0.05) is 37.8 Å². The summed E-state index contributed by atoms with van der Waals surface area (Å²) in [5, 5.41) is 12.3. The van der Waals surface area contributed by atoms with Crippen molar-refractivity contribution in [1.29, 1.82) is 0 Å². The number of hydrogen-bond acceptors (Lipinski definition) is 4. The summed E-state index contributed by atoms with van der Waals surface area (Å²) in [5.41, 5.74) is -0.540. The van der Waals surface area contributed by atoms with E-state index in [1.54, 1.807) is 24.3 Å². The number of carboxylic acid groups (broad SMARTS) is 1. The second kappa shape index (κ2) is 9.36. The zero-order valence-electron chi connectivity index (χ0n) is 15.3. The van der Waals surface area contributed by atoms with Crippen LogP contribution >= 0.6 is 0 Å². The van der Waals surface area contributed by atoms with Crippen molar-refractivity contribution in [3.05, 3.63) is 29.8 Å². The highest BCUT2D eigenvalue weighted by atomic mass is 16.5. The number of ether oxygens (including phenoxy) is 1. The number of hydrogen-bond donors (Lipinski definition) is 2. The lowest BCUT2D eigenvalue weighted by molar-refractivity contribution is -0.148. The molecule has 2 rings (SSSR count). The lowest BCUT2D eigenvalue weighted by Crippen LogP contribution is -2.54. The van der Waals surface area contributed by atoms with E-state index in [2.05, 4.69) is 5.32 Å². The van der Waals surface area contributed by atoms with Crippen molar-refractivity contribution in [3.63, 3.8) is 0 Å². The third kappa shape index (κ3) is 5.58. The normalized spacial score (nSPS) is 16.3. The van der Waals surface area contributed by atoms with Gasteiger partial charge in [0.25, 0.3) is 0 Å². The van der Waals surface area contributed by atoms with Gasteiger partial charge < -0.3 is 15.2 Å². The Kier molecular flexibility index (Phi) is 7.18. The summed E-state index contributed by atoms with van der Waals surface area (Å²) in [6.45, 7) is 1.82. The summed E-state index contributed by atoms with van der Waals surface area (Å²) in [4.78, 5) is 35.3. The van der Waals surface area contributed by atoms with Crippen LogP contribution in [0.1, 0.15) is 68.6 Å². The van der Waals surface area contributed by atoms with Crippen LogP contribution in [0.25, 0.3) is 0 Å². The van der Waals surface area contributed by atoms with Crippen LogP contribution in [-0.4, -0.2) is 34.9 Å². The monoisotopic (exact) mass is 361 g/mol. The molecule has 1 fully saturated rings. The van der Waals surface area contributed by atoms with Gasteiger partial charge in [0, 0.05) is 12.0 Å². The van der Waals surface area contributed by atoms with Crippen LogP contribution in [0.5, 0.6) is 5.75 Å². The molecule has 0 atom stereocenters. The van der Waals surface area contributed by atoms with E-state index in [0.717, 1.165) is 25.7 Å². The van der Waals surface area contributed by atoms with Gasteiger partial charge in [-0.2, -0.15) is 0 Å². The quantitative estimate of drug-likeness (QED) is 0.421. The Morgan fingerprint density at radius 1 is 1.15 bits per heavy atom. The summed E-state index contributed by atoms with van der Waals surface area (Å²) >= 11 is 0. The lowest BCUT2D eigenvalue weighted by atomic mass is 9.90. The molecule has 1 saturated carbocycles. The second-order valence-electron chi connectivity index (χ2n) is 6.89. The molecule has 1 aliphatic rings. The number of rotatable bonds is 8. The number of amides is 1. The van der Waals surface area contributed by atoms with Gasteiger partial charge in [0.2, 0.25) is 5.91 Å². The molecule has 0 saturated heterocycles. The van der Waals surface area contributed by atoms with Gasteiger partial charge >= 0.3 is 5.97 Å². The number of nitrogens with one attached hydrogen (secondary N) is 1. The molecule has 6 nitrogen and oxygen atoms in total. The van der Waals surface area contributed by atoms with E-state index >= 15 is 0 Å². The summed E-state index contributed by atoms with van der Waals surface area (Å²) in [7, 11) is 0. The van der Waals surface area contributed by atoms with Gasteiger partial charge in [0.05, 0.1) is 6.61 Å². The fourth-order valence-corrected chi connectivity index (χ4v) is 3.28. The van der Waals surface area contributed by atoms with Gasteiger partial charge in [0.15, 0.2) is 5.78 Å². The van der Waals surface area contributed by atoms with Gasteiger partial charge in [-0.3, -0.25) is 9.59 Å². The fraction of sp³-hybridized carbons (Fsp3) is 0.550. The average Bonchev–Trinajstić information content (AvgIpc) is 2.85. The van der Waals surface area contributed by atoms with E-state index in [1.807, 2.05) is 0 Å². The number of ketones is 1. The van der Waals surface area contributed by atoms with Crippen molar-refractivity contribution in [3.8, 4) is 5.75 Å². The van der Waals surface area contributed by atoms with Gasteiger partial charge in [-0.25, -0.2) is 4.79 Å². The van der Waals surface area contributed by atoms with Crippen LogP contribution in [0, 0.1) is 0 Å². The van der Waals surface area contributed by atoms with Crippen LogP contribution < -0.4 is 10.1 Å². The Morgan fingerprint density at radius 2 is 1.85 bits per heavy atom. The molecule has 26 heavy (non-hydrogen) atoms. The molecular formula is C20H27NO5. The number of carboxylic acids is 1. The molecule has 1 aromatic carbocycles. The van der Waals surface area contributed by atoms with E-state index in [1.165, 1.54) is 6.92 Å². The SMILES string of the molecule is CC(=O)c1cccc(OCCCC(=O)NC2(C(=O)O)CCCCCC2)c1. The van der Waals surface area contributed by atoms with E-state index in [9.17, 15) is 19.5 Å². The first kappa shape index (κ1) is 19.9. The van der Waals surface area contributed by atoms with Crippen molar-refractivity contribution in [2.45, 2.75) is 63.8 Å². The van der Waals surface area contributed by atoms with Crippen LogP contribution in [0.15, 0.2) is 24.3 Å². The van der Waals surface area contributed by atoms with Gasteiger partial charge in [-0.05, 0) is 38.3 Å². The molecule has 0 heterocycles. The molecule has 1 amide bonds. The average molecular weight is 361 g/mol. The number of aliphatic carboxylic acids is 1. The van der Waals surface area contributed by atoms with Gasteiger partial charge in [0.1, 0.15) is 11.3 Å². The topological polar surface area (TPSA) is 92.7 Å². The molecule has 0 bridgehead atoms. The van der Waals surface area contributed by atoms with Crippen molar-refractivity contribution < 1.29 is 24.2 Å². The van der Waals surface area contributed by atoms with Crippen LogP contribution in [0.4, 0.5) is 0 Å². The van der Waals surface area contributed by atoms with Crippen molar-refractivity contribution >= 4 is 17.7 Å². The first-order chi connectivity index (χ1) is 12.4. The standard InChI is InChI=1S/C20H27NO5/c1-15(22)16-8-6-9-17(14-16)26-13-7-10-18(23)21-20(19(24)25)11-4-2-3-5-12-20/h6,8-9,14H,2-5,7,10-13H2,1H3,(H,21,23)(H,24,25). The molecule has 1 aromatic rings. The summed E-state index contributed by atoms with van der Waals surface area (Å²) in [5.74, 6) is -0.637. The number of benzene rings is 1. The number of carbonyl (C=O) groups excluding carboxylic acids is 2. The first-order valence-corrected chi connectivity index (χ1v) is 9.21. The van der Waals surface area contributed by atoms with Gasteiger partial charge in [-0.15, -0.1) is 0 Å². The Bertz CT molecular complexity index is 647. The maximum Gasteiger partial charge on any atom is 0.329 e. The molecule has 0 aliphatic heterocycles. The predicted molar refractivity (Wildman–Crippen MR) is 97.4 cm³/mol. The summed E-state index contributed by atoms with van der Waals surface area (Å²) < 4.78 is 5.58. The molecular weight excluding hydrogens is 334 g/mol. The lowest BCUT2D eigenvalue weighted by Gasteiger charge is -2.29. The van der Waals surface area contributed by atoms with Crippen molar-refractivity contribution in [1.82, 2.24) is 5.32 Å². The molecule has 6 heteroatoms. The molecule has 2 N–H and O–H groups in total. The minimum absolute atomic E-state index is 0.0304. The predicted octanol–water partition coefficient (Wildman–Crippen LogP) is 3.34. The third-order valence-electron chi connectivity index (χ3n) is 4.80. The zero-order chi connectivity index (χ0) is 19.0. The maximum absolute atomic E-state index is 12.2. The molecule has 0 aromatic heterocycles. The summed E-state index contributed by atoms with van der Waals surface area (Å²) in [6, 6.07) is 6.91. The maximum atomic E-state index is 12.2. The Labute approximate surface area is 153 Å². The van der Waals surface area contributed by atoms with E-state index in [0.29, 0.717) is 37.2 Å². The second-order valence-corrected chi connectivity index (χ2v) is 6.89. The minimum atomic E-state index is -1.12. The van der Waals surface area contributed by atoms with E-state index < -0.39 is 11.5 Å². The van der Waals surface area contributed by atoms with Crippen molar-refractivity contribution in [2.24, 2.45) is 0 Å². The molecule has 142 valence electrons. The molecule has 0 radical (unpaired) electrons. The molecule has 0 unspecified atom stereocenters. The third-order valence-corrected chi connectivity index (χ3v) is 4.80. The first-order valence-electron chi connectivity index (χ1n) is 9.21. The Morgan fingerprint density at radius 3 is 2.46 bits per heavy atom. The molecule has 0 spiro atoms. The zero-order valence-corrected chi connectivity index (χ0v) is 15.3. The number of Topliss-reactive ketones (excluding diaryl/α,β-unsaturated/α-hetero) is 1. The summed E-state index contributed by atoms with van der Waals surface area (Å²) in [6.07, 6.45) is 5.33. The Balaban J connectivity index is 1.80. The van der Waals surface area contributed by atoms with Crippen molar-refractivity contribution in [2.75, 3.05) is 6.61 Å². The van der Waals surface area contributed by atoms with Crippen LogP contribution in [0.3, 0.4) is 0 Å². The minimum Gasteiger partial charge on any atom is -0.494 e. The molecule has 1 aliphatic carbocycles. The van der Waals surface area contributed by atoms with Crippen LogP contribution in [-0.2, 0) is 9.59 Å². The van der Waals surface area contributed by atoms with Crippen LogP contribution in [0.2, 0.25) is 0 Å². The highest BCUT2D eigenvalue weighted by molar-refractivity contribution is 5.94. The number of carbonyl (C=O) groups is 3. The van der Waals surface area contributed by atoms with E-state index in [-0.39, 0.29) is 18.1 Å². The Hall–Kier alpha value is -2.37. The van der Waals surface area contributed by atoms with E-state index in [4.69, 9.17) is 4.74 Å². The largest absolute Gasteiger partial charge is 0.494 e. The highest BCUT2D eigenvalue weighted by Gasteiger charge is 2.39. The fourth-order valence-electron chi connectivity index (χ4n) is 3.28. The highest BCUT2D eigenvalue weighted by Crippen LogP contribution is 2.27. The smallest absolute Gasteiger partial charge is 0.329 e.